The minimum absolute atomic E-state index is 0.0212. The molecule has 0 spiro atoms. The Labute approximate surface area is 162 Å². The predicted octanol–water partition coefficient (Wildman–Crippen LogP) is 2.77. The zero-order valence-corrected chi connectivity index (χ0v) is 15.8. The summed E-state index contributed by atoms with van der Waals surface area (Å²) >= 11 is 0. The number of nitrogens with zero attached hydrogens (tertiary/aromatic N) is 3. The number of Topliss-reactive ketones (excluding diaryl/α,β-unsaturated/α-hetero) is 1. The SMILES string of the molecule is COc1ccc([N+](=O)[O-])cc1C(=O)N1CCN(c2ccc(C(C)=O)cc2)CC1. The van der Waals surface area contributed by atoms with Gasteiger partial charge in [-0.3, -0.25) is 19.7 Å². The molecule has 0 atom stereocenters. The Kier molecular flexibility index (Phi) is 5.58. The second kappa shape index (κ2) is 8.08. The van der Waals surface area contributed by atoms with Crippen LogP contribution in [0.4, 0.5) is 11.4 Å². The van der Waals surface area contributed by atoms with Crippen molar-refractivity contribution >= 4 is 23.1 Å². The zero-order valence-electron chi connectivity index (χ0n) is 15.8. The minimum atomic E-state index is -0.529. The largest absolute Gasteiger partial charge is 0.496 e. The number of nitro groups is 1. The van der Waals surface area contributed by atoms with Crippen LogP contribution in [0.25, 0.3) is 0 Å². The van der Waals surface area contributed by atoms with Crippen molar-refractivity contribution in [2.45, 2.75) is 6.92 Å². The molecule has 2 aromatic carbocycles. The predicted molar refractivity (Wildman–Crippen MR) is 104 cm³/mol. The number of ketones is 1. The van der Waals surface area contributed by atoms with Gasteiger partial charge in [-0.25, -0.2) is 0 Å². The van der Waals surface area contributed by atoms with Crippen molar-refractivity contribution < 1.29 is 19.2 Å². The van der Waals surface area contributed by atoms with Gasteiger partial charge in [0.2, 0.25) is 0 Å². The summed E-state index contributed by atoms with van der Waals surface area (Å²) in [6.07, 6.45) is 0. The van der Waals surface area contributed by atoms with Crippen molar-refractivity contribution in [3.63, 3.8) is 0 Å². The molecule has 0 saturated carbocycles. The van der Waals surface area contributed by atoms with Gasteiger partial charge < -0.3 is 14.5 Å². The molecule has 0 aromatic heterocycles. The maximum atomic E-state index is 12.9. The molecule has 8 heteroatoms. The molecular formula is C20H21N3O5. The standard InChI is InChI=1S/C20H21N3O5/c1-14(24)15-3-5-16(6-4-15)21-9-11-22(12-10-21)20(25)18-13-17(23(26)27)7-8-19(18)28-2/h3-8,13H,9-12H2,1-2H3. The van der Waals surface area contributed by atoms with E-state index in [1.54, 1.807) is 17.0 Å². The van der Waals surface area contributed by atoms with E-state index in [-0.39, 0.29) is 22.9 Å². The van der Waals surface area contributed by atoms with Crippen molar-refractivity contribution in [1.29, 1.82) is 0 Å². The van der Waals surface area contributed by atoms with Gasteiger partial charge in [0.05, 0.1) is 17.6 Å². The van der Waals surface area contributed by atoms with Gasteiger partial charge in [-0.15, -0.1) is 0 Å². The lowest BCUT2D eigenvalue weighted by Gasteiger charge is -2.36. The van der Waals surface area contributed by atoms with Crippen LogP contribution < -0.4 is 9.64 Å². The second-order valence-electron chi connectivity index (χ2n) is 6.52. The van der Waals surface area contributed by atoms with Crippen molar-refractivity contribution in [3.8, 4) is 5.75 Å². The highest BCUT2D eigenvalue weighted by Gasteiger charge is 2.26. The summed E-state index contributed by atoms with van der Waals surface area (Å²) in [5.41, 5.74) is 1.70. The molecule has 2 aromatic rings. The number of ether oxygens (including phenoxy) is 1. The number of rotatable bonds is 5. The zero-order chi connectivity index (χ0) is 20.3. The Balaban J connectivity index is 1.71. The van der Waals surface area contributed by atoms with Crippen LogP contribution in [0.3, 0.4) is 0 Å². The number of carbonyl (C=O) groups excluding carboxylic acids is 2. The third-order valence-electron chi connectivity index (χ3n) is 4.83. The van der Waals surface area contributed by atoms with Gasteiger partial charge in [0, 0.05) is 49.6 Å². The lowest BCUT2D eigenvalue weighted by Crippen LogP contribution is -2.48. The molecule has 28 heavy (non-hydrogen) atoms. The first-order valence-corrected chi connectivity index (χ1v) is 8.88. The summed E-state index contributed by atoms with van der Waals surface area (Å²) in [4.78, 5) is 38.6. The molecule has 0 N–H and O–H groups in total. The molecule has 8 nitrogen and oxygen atoms in total. The summed E-state index contributed by atoms with van der Waals surface area (Å²) in [6, 6.07) is 11.4. The normalized spacial score (nSPS) is 13.9. The summed E-state index contributed by atoms with van der Waals surface area (Å²) in [5.74, 6) is 0.0536. The average Bonchev–Trinajstić information content (AvgIpc) is 2.72. The Morgan fingerprint density at radius 2 is 1.68 bits per heavy atom. The van der Waals surface area contributed by atoms with E-state index in [0.29, 0.717) is 37.5 Å². The van der Waals surface area contributed by atoms with E-state index < -0.39 is 4.92 Å². The number of non-ortho nitro benzene ring substituents is 1. The molecule has 1 aliphatic rings. The molecule has 0 bridgehead atoms. The molecule has 0 aliphatic carbocycles. The van der Waals surface area contributed by atoms with Gasteiger partial charge in [-0.05, 0) is 37.3 Å². The van der Waals surface area contributed by atoms with Crippen LogP contribution in [-0.2, 0) is 0 Å². The van der Waals surface area contributed by atoms with Gasteiger partial charge in [0.1, 0.15) is 5.75 Å². The highest BCUT2D eigenvalue weighted by Crippen LogP contribution is 2.26. The van der Waals surface area contributed by atoms with Crippen molar-refractivity contribution in [2.75, 3.05) is 38.2 Å². The van der Waals surface area contributed by atoms with Crippen LogP contribution in [0.2, 0.25) is 0 Å². The summed E-state index contributed by atoms with van der Waals surface area (Å²) in [7, 11) is 1.43. The number of methoxy groups -OCH3 is 1. The summed E-state index contributed by atoms with van der Waals surface area (Å²) in [6.45, 7) is 3.75. The molecule has 0 unspecified atom stereocenters. The molecule has 0 radical (unpaired) electrons. The van der Waals surface area contributed by atoms with E-state index in [1.807, 2.05) is 12.1 Å². The Morgan fingerprint density at radius 1 is 1.04 bits per heavy atom. The van der Waals surface area contributed by atoms with Gasteiger partial charge in [-0.1, -0.05) is 0 Å². The van der Waals surface area contributed by atoms with E-state index in [9.17, 15) is 19.7 Å². The van der Waals surface area contributed by atoms with Gasteiger partial charge in [0.15, 0.2) is 5.78 Å². The maximum Gasteiger partial charge on any atom is 0.270 e. The molecule has 1 amide bonds. The Morgan fingerprint density at radius 3 is 2.21 bits per heavy atom. The van der Waals surface area contributed by atoms with Crippen molar-refractivity contribution in [3.05, 3.63) is 63.7 Å². The summed E-state index contributed by atoms with van der Waals surface area (Å²) < 4.78 is 5.20. The van der Waals surface area contributed by atoms with Crippen LogP contribution >= 0.6 is 0 Å². The molecule has 1 aliphatic heterocycles. The number of nitro benzene ring substituents is 1. The lowest BCUT2D eigenvalue weighted by molar-refractivity contribution is -0.384. The van der Waals surface area contributed by atoms with E-state index in [2.05, 4.69) is 4.90 Å². The van der Waals surface area contributed by atoms with Gasteiger partial charge >= 0.3 is 0 Å². The smallest absolute Gasteiger partial charge is 0.270 e. The first-order valence-electron chi connectivity index (χ1n) is 8.88. The fraction of sp³-hybridized carbons (Fsp3) is 0.300. The van der Waals surface area contributed by atoms with Crippen LogP contribution in [0, 0.1) is 10.1 Å². The van der Waals surface area contributed by atoms with Crippen LogP contribution in [0.1, 0.15) is 27.6 Å². The lowest BCUT2D eigenvalue weighted by atomic mass is 10.1. The number of piperazine rings is 1. The number of amides is 1. The second-order valence-corrected chi connectivity index (χ2v) is 6.52. The number of benzene rings is 2. The third-order valence-corrected chi connectivity index (χ3v) is 4.83. The monoisotopic (exact) mass is 383 g/mol. The summed E-state index contributed by atoms with van der Waals surface area (Å²) in [5, 5.41) is 11.0. The first kappa shape index (κ1) is 19.3. The van der Waals surface area contributed by atoms with E-state index in [4.69, 9.17) is 4.74 Å². The molecule has 1 heterocycles. The number of hydrogen-bond donors (Lipinski definition) is 0. The number of anilines is 1. The minimum Gasteiger partial charge on any atom is -0.496 e. The van der Waals surface area contributed by atoms with Gasteiger partial charge in [0.25, 0.3) is 11.6 Å². The number of carbonyl (C=O) groups is 2. The third kappa shape index (κ3) is 3.95. The molecular weight excluding hydrogens is 362 g/mol. The van der Waals surface area contributed by atoms with E-state index in [1.165, 1.54) is 32.2 Å². The fourth-order valence-electron chi connectivity index (χ4n) is 3.22. The molecule has 3 rings (SSSR count). The van der Waals surface area contributed by atoms with Crippen molar-refractivity contribution in [1.82, 2.24) is 4.90 Å². The maximum absolute atomic E-state index is 12.9. The highest BCUT2D eigenvalue weighted by molar-refractivity contribution is 5.98. The molecule has 1 saturated heterocycles. The van der Waals surface area contributed by atoms with Crippen LogP contribution in [-0.4, -0.2) is 54.8 Å². The molecule has 146 valence electrons. The highest BCUT2D eigenvalue weighted by atomic mass is 16.6. The first-order chi connectivity index (χ1) is 13.4. The number of hydrogen-bond acceptors (Lipinski definition) is 6. The average molecular weight is 383 g/mol. The van der Waals surface area contributed by atoms with Gasteiger partial charge in [-0.2, -0.15) is 0 Å². The quantitative estimate of drug-likeness (QED) is 0.448. The topological polar surface area (TPSA) is 93.0 Å². The molecule has 1 fully saturated rings. The fourth-order valence-corrected chi connectivity index (χ4v) is 3.22. The van der Waals surface area contributed by atoms with Crippen LogP contribution in [0.5, 0.6) is 5.75 Å². The Bertz CT molecular complexity index is 903. The van der Waals surface area contributed by atoms with E-state index >= 15 is 0 Å². The van der Waals surface area contributed by atoms with E-state index in [0.717, 1.165) is 5.69 Å². The van der Waals surface area contributed by atoms with Crippen molar-refractivity contribution in [2.24, 2.45) is 0 Å². The Hall–Kier alpha value is -3.42. The van der Waals surface area contributed by atoms with Crippen LogP contribution in [0.15, 0.2) is 42.5 Å².